The van der Waals surface area contributed by atoms with Crippen molar-refractivity contribution in [3.05, 3.63) is 102 Å². The Morgan fingerprint density at radius 2 is 1.55 bits per heavy atom. The van der Waals surface area contributed by atoms with Gasteiger partial charge in [-0.05, 0) is 36.0 Å². The summed E-state index contributed by atoms with van der Waals surface area (Å²) in [6.07, 6.45) is 4.33. The lowest BCUT2D eigenvalue weighted by molar-refractivity contribution is -0.899. The Kier molecular flexibility index (Phi) is 6.85. The van der Waals surface area contributed by atoms with Gasteiger partial charge < -0.3 is 15.3 Å². The highest BCUT2D eigenvalue weighted by molar-refractivity contribution is 5.91. The zero-order valence-corrected chi connectivity index (χ0v) is 19.5. The van der Waals surface area contributed by atoms with Gasteiger partial charge in [0, 0.05) is 12.3 Å². The second-order valence-corrected chi connectivity index (χ2v) is 9.74. The van der Waals surface area contributed by atoms with E-state index in [4.69, 9.17) is 5.73 Å². The van der Waals surface area contributed by atoms with Crippen LogP contribution in [-0.2, 0) is 16.6 Å². The molecule has 172 valence electrons. The summed E-state index contributed by atoms with van der Waals surface area (Å²) in [7, 11) is 2.31. The van der Waals surface area contributed by atoms with Crippen molar-refractivity contribution >= 4 is 5.91 Å². The second-order valence-electron chi connectivity index (χ2n) is 9.74. The second kappa shape index (κ2) is 9.80. The Balaban J connectivity index is 1.55. The molecule has 0 saturated carbocycles. The topological polar surface area (TPSA) is 66.2 Å². The molecular weight excluding hydrogens is 408 g/mol. The van der Waals surface area contributed by atoms with Crippen molar-refractivity contribution < 1.29 is 14.4 Å². The SMILES string of the molecule is C[N+]1(CCCCc2ccccc2)CCC(C(C(N)=O)(c2ccccc2)c2ccc([O-])cc2)C1. The van der Waals surface area contributed by atoms with Crippen LogP contribution in [0.1, 0.15) is 36.0 Å². The Hall–Kier alpha value is -3.11. The fraction of sp³-hybridized carbons (Fsp3) is 0.345. The smallest absolute Gasteiger partial charge is 0.233 e. The number of amides is 1. The molecule has 0 bridgehead atoms. The van der Waals surface area contributed by atoms with Gasteiger partial charge in [-0.25, -0.2) is 0 Å². The van der Waals surface area contributed by atoms with Gasteiger partial charge in [-0.3, -0.25) is 4.79 Å². The number of aryl methyl sites for hydroxylation is 1. The molecule has 2 N–H and O–H groups in total. The van der Waals surface area contributed by atoms with Gasteiger partial charge in [-0.1, -0.05) is 84.9 Å². The van der Waals surface area contributed by atoms with Crippen LogP contribution in [0.4, 0.5) is 0 Å². The van der Waals surface area contributed by atoms with E-state index in [2.05, 4.69) is 37.4 Å². The van der Waals surface area contributed by atoms with Crippen LogP contribution in [0.15, 0.2) is 84.9 Å². The van der Waals surface area contributed by atoms with E-state index in [1.165, 1.54) is 5.56 Å². The van der Waals surface area contributed by atoms with Gasteiger partial charge >= 0.3 is 0 Å². The molecule has 3 atom stereocenters. The number of likely N-dealkylation sites (tertiary alicyclic amines) is 1. The molecule has 0 aromatic heterocycles. The molecule has 33 heavy (non-hydrogen) atoms. The Morgan fingerprint density at radius 3 is 2.18 bits per heavy atom. The maximum absolute atomic E-state index is 13.3. The Bertz CT molecular complexity index is 1050. The lowest BCUT2D eigenvalue weighted by Crippen LogP contribution is -2.51. The summed E-state index contributed by atoms with van der Waals surface area (Å²) in [4.78, 5) is 13.3. The van der Waals surface area contributed by atoms with Gasteiger partial charge in [0.15, 0.2) is 0 Å². The fourth-order valence-electron chi connectivity index (χ4n) is 5.75. The normalized spacial score (nSPS) is 22.0. The number of unbranched alkanes of at least 4 members (excludes halogenated alkanes) is 1. The lowest BCUT2D eigenvalue weighted by atomic mass is 9.64. The molecule has 1 amide bonds. The van der Waals surface area contributed by atoms with Gasteiger partial charge in [0.2, 0.25) is 5.91 Å². The predicted molar refractivity (Wildman–Crippen MR) is 131 cm³/mol. The van der Waals surface area contributed by atoms with Crippen LogP contribution >= 0.6 is 0 Å². The zero-order valence-electron chi connectivity index (χ0n) is 19.5. The summed E-state index contributed by atoms with van der Waals surface area (Å²) in [5.74, 6) is -0.320. The molecule has 0 spiro atoms. The van der Waals surface area contributed by atoms with Gasteiger partial charge in [0.05, 0.1) is 26.7 Å². The minimum atomic E-state index is -0.936. The van der Waals surface area contributed by atoms with E-state index in [-0.39, 0.29) is 17.6 Å². The van der Waals surface area contributed by atoms with E-state index < -0.39 is 5.41 Å². The number of nitrogens with two attached hydrogens (primary N) is 1. The quantitative estimate of drug-likeness (QED) is 0.402. The number of primary amides is 1. The zero-order chi connectivity index (χ0) is 23.3. The van der Waals surface area contributed by atoms with E-state index >= 15 is 0 Å². The number of quaternary nitrogens is 1. The first-order valence-corrected chi connectivity index (χ1v) is 11.9. The van der Waals surface area contributed by atoms with Crippen LogP contribution in [0, 0.1) is 5.92 Å². The first-order valence-electron chi connectivity index (χ1n) is 11.9. The summed E-state index contributed by atoms with van der Waals surface area (Å²) in [5.41, 5.74) is 8.39. The molecule has 4 nitrogen and oxygen atoms in total. The molecule has 1 aliphatic heterocycles. The third-order valence-corrected chi connectivity index (χ3v) is 7.47. The molecule has 1 saturated heterocycles. The van der Waals surface area contributed by atoms with Crippen molar-refractivity contribution in [1.29, 1.82) is 0 Å². The molecule has 0 radical (unpaired) electrons. The van der Waals surface area contributed by atoms with Crippen LogP contribution in [0.3, 0.4) is 0 Å². The minimum Gasteiger partial charge on any atom is -0.872 e. The largest absolute Gasteiger partial charge is 0.872 e. The average Bonchev–Trinajstić information content (AvgIpc) is 3.22. The van der Waals surface area contributed by atoms with E-state index in [1.807, 2.05) is 30.3 Å². The van der Waals surface area contributed by atoms with E-state index in [0.29, 0.717) is 0 Å². The fourth-order valence-corrected chi connectivity index (χ4v) is 5.75. The highest BCUT2D eigenvalue weighted by atomic mass is 16.3. The lowest BCUT2D eigenvalue weighted by Gasteiger charge is -2.38. The van der Waals surface area contributed by atoms with Crippen molar-refractivity contribution in [2.45, 2.75) is 31.1 Å². The summed E-state index contributed by atoms with van der Waals surface area (Å²) in [6, 6.07) is 27.2. The van der Waals surface area contributed by atoms with Crippen molar-refractivity contribution in [2.75, 3.05) is 26.7 Å². The number of rotatable bonds is 9. The third kappa shape index (κ3) is 4.81. The van der Waals surface area contributed by atoms with Crippen LogP contribution in [0.25, 0.3) is 0 Å². The summed E-state index contributed by atoms with van der Waals surface area (Å²) in [6.45, 7) is 3.01. The summed E-state index contributed by atoms with van der Waals surface area (Å²) >= 11 is 0. The maximum Gasteiger partial charge on any atom is 0.233 e. The molecule has 3 aromatic rings. The first kappa shape index (κ1) is 23.1. The molecule has 3 aromatic carbocycles. The van der Waals surface area contributed by atoms with Gasteiger partial charge in [0.1, 0.15) is 5.41 Å². The summed E-state index contributed by atoms with van der Waals surface area (Å²) < 4.78 is 0.945. The molecular formula is C29H34N2O2. The van der Waals surface area contributed by atoms with Gasteiger partial charge in [0.25, 0.3) is 0 Å². The van der Waals surface area contributed by atoms with Crippen molar-refractivity contribution in [3.8, 4) is 5.75 Å². The van der Waals surface area contributed by atoms with Crippen LogP contribution in [0.5, 0.6) is 5.75 Å². The number of carbonyl (C=O) groups excluding carboxylic acids is 1. The van der Waals surface area contributed by atoms with Crippen molar-refractivity contribution in [3.63, 3.8) is 0 Å². The van der Waals surface area contributed by atoms with Gasteiger partial charge in [-0.2, -0.15) is 0 Å². The number of hydrogen-bond donors (Lipinski definition) is 1. The van der Waals surface area contributed by atoms with Crippen molar-refractivity contribution in [1.82, 2.24) is 0 Å². The molecule has 1 fully saturated rings. The Morgan fingerprint density at radius 1 is 0.939 bits per heavy atom. The minimum absolute atomic E-state index is 0.0596. The van der Waals surface area contributed by atoms with E-state index in [9.17, 15) is 9.90 Å². The van der Waals surface area contributed by atoms with Crippen LogP contribution < -0.4 is 10.8 Å². The Labute approximate surface area is 197 Å². The third-order valence-electron chi connectivity index (χ3n) is 7.47. The molecule has 1 heterocycles. The molecule has 0 aliphatic carbocycles. The molecule has 3 unspecified atom stereocenters. The molecule has 1 aliphatic rings. The standard InChI is InChI=1S/C29H34N2O2/c1-31(20-9-8-12-23-10-4-2-5-11-23)21-19-26(22-31)29(28(30)33,24-13-6-3-7-14-24)25-15-17-27(32)18-16-25/h2-7,10-11,13-18,26H,8-9,12,19-22H2,1H3,(H2-,30,32,33). The van der Waals surface area contributed by atoms with Crippen molar-refractivity contribution in [2.24, 2.45) is 11.7 Å². The van der Waals surface area contributed by atoms with Crippen LogP contribution in [0.2, 0.25) is 0 Å². The maximum atomic E-state index is 13.3. The van der Waals surface area contributed by atoms with E-state index in [1.54, 1.807) is 24.3 Å². The van der Waals surface area contributed by atoms with Crippen LogP contribution in [-0.4, -0.2) is 37.1 Å². The first-order chi connectivity index (χ1) is 15.9. The number of carbonyl (C=O) groups is 1. The summed E-state index contributed by atoms with van der Waals surface area (Å²) in [5, 5.41) is 11.8. The van der Waals surface area contributed by atoms with Gasteiger partial charge in [-0.15, -0.1) is 5.75 Å². The average molecular weight is 443 g/mol. The predicted octanol–water partition coefficient (Wildman–Crippen LogP) is 4.02. The number of nitrogens with zero attached hydrogens (tertiary/aromatic N) is 1. The number of hydrogen-bond acceptors (Lipinski definition) is 2. The highest BCUT2D eigenvalue weighted by Crippen LogP contribution is 2.45. The molecule has 4 heteroatoms. The molecule has 4 rings (SSSR count). The number of benzene rings is 3. The highest BCUT2D eigenvalue weighted by Gasteiger charge is 2.53. The van der Waals surface area contributed by atoms with E-state index in [0.717, 1.165) is 60.9 Å². The monoisotopic (exact) mass is 442 g/mol.